The highest BCUT2D eigenvalue weighted by Crippen LogP contribution is 2.18. The summed E-state index contributed by atoms with van der Waals surface area (Å²) in [5, 5.41) is 3.37. The number of nitrogens with zero attached hydrogens (tertiary/aromatic N) is 3. The van der Waals surface area contributed by atoms with Crippen molar-refractivity contribution in [1.82, 2.24) is 25.2 Å². The van der Waals surface area contributed by atoms with Crippen molar-refractivity contribution in [2.45, 2.75) is 13.5 Å². The Labute approximate surface area is 113 Å². The molecule has 1 aliphatic rings. The molecule has 2 aromatic rings. The van der Waals surface area contributed by atoms with Crippen LogP contribution >= 0.6 is 0 Å². The molecule has 0 spiro atoms. The molecule has 5 heteroatoms. The number of aromatic amines is 1. The van der Waals surface area contributed by atoms with Gasteiger partial charge in [0.2, 0.25) is 0 Å². The van der Waals surface area contributed by atoms with Crippen molar-refractivity contribution in [3.63, 3.8) is 0 Å². The van der Waals surface area contributed by atoms with Gasteiger partial charge in [-0.25, -0.2) is 4.98 Å². The number of aryl methyl sites for hydroxylation is 1. The number of aromatic nitrogens is 3. The second-order valence-corrected chi connectivity index (χ2v) is 4.92. The molecular formula is C14H19N5. The van der Waals surface area contributed by atoms with Crippen LogP contribution in [0.5, 0.6) is 0 Å². The van der Waals surface area contributed by atoms with Gasteiger partial charge in [-0.2, -0.15) is 0 Å². The van der Waals surface area contributed by atoms with Crippen LogP contribution in [0.4, 0.5) is 0 Å². The number of imidazole rings is 1. The Hall–Kier alpha value is -1.72. The minimum absolute atomic E-state index is 0.926. The fourth-order valence-electron chi connectivity index (χ4n) is 2.38. The van der Waals surface area contributed by atoms with Gasteiger partial charge in [-0.3, -0.25) is 9.88 Å². The lowest BCUT2D eigenvalue weighted by Gasteiger charge is -2.26. The van der Waals surface area contributed by atoms with Gasteiger partial charge in [0.15, 0.2) is 0 Å². The van der Waals surface area contributed by atoms with Crippen molar-refractivity contribution >= 4 is 0 Å². The van der Waals surface area contributed by atoms with Crippen LogP contribution < -0.4 is 5.32 Å². The van der Waals surface area contributed by atoms with Gasteiger partial charge in [-0.15, -0.1) is 0 Å². The van der Waals surface area contributed by atoms with Gasteiger partial charge in [0.25, 0.3) is 0 Å². The first kappa shape index (κ1) is 12.3. The van der Waals surface area contributed by atoms with Crippen molar-refractivity contribution in [2.24, 2.45) is 0 Å². The van der Waals surface area contributed by atoms with Crippen LogP contribution in [0.2, 0.25) is 0 Å². The summed E-state index contributed by atoms with van der Waals surface area (Å²) in [6.45, 7) is 7.35. The molecule has 0 unspecified atom stereocenters. The van der Waals surface area contributed by atoms with Crippen LogP contribution in [-0.2, 0) is 6.54 Å². The predicted molar refractivity (Wildman–Crippen MR) is 74.7 cm³/mol. The summed E-state index contributed by atoms with van der Waals surface area (Å²) in [7, 11) is 0. The first-order valence-corrected chi connectivity index (χ1v) is 6.72. The molecule has 0 bridgehead atoms. The summed E-state index contributed by atoms with van der Waals surface area (Å²) in [6, 6.07) is 3.96. The average molecular weight is 257 g/mol. The van der Waals surface area contributed by atoms with Crippen LogP contribution in [0.1, 0.15) is 11.4 Å². The third kappa shape index (κ3) is 2.83. The normalized spacial score (nSPS) is 16.7. The molecule has 3 heterocycles. The van der Waals surface area contributed by atoms with Gasteiger partial charge in [-0.05, 0) is 19.1 Å². The van der Waals surface area contributed by atoms with Crippen LogP contribution in [0, 0.1) is 6.92 Å². The fourth-order valence-corrected chi connectivity index (χ4v) is 2.38. The van der Waals surface area contributed by atoms with E-state index >= 15 is 0 Å². The molecule has 5 nitrogen and oxygen atoms in total. The second-order valence-electron chi connectivity index (χ2n) is 4.92. The number of nitrogens with one attached hydrogen (secondary N) is 2. The molecule has 2 aromatic heterocycles. The molecule has 0 radical (unpaired) electrons. The van der Waals surface area contributed by atoms with E-state index in [0.29, 0.717) is 0 Å². The summed E-state index contributed by atoms with van der Waals surface area (Å²) in [5.74, 6) is 0.935. The summed E-state index contributed by atoms with van der Waals surface area (Å²) in [6.07, 6.45) is 3.59. The maximum Gasteiger partial charge on any atom is 0.137 e. The van der Waals surface area contributed by atoms with Crippen molar-refractivity contribution in [3.8, 4) is 11.4 Å². The van der Waals surface area contributed by atoms with Crippen molar-refractivity contribution in [2.75, 3.05) is 26.2 Å². The summed E-state index contributed by atoms with van der Waals surface area (Å²) in [4.78, 5) is 14.6. The van der Waals surface area contributed by atoms with E-state index in [4.69, 9.17) is 4.98 Å². The van der Waals surface area contributed by atoms with Gasteiger partial charge in [0, 0.05) is 56.4 Å². The van der Waals surface area contributed by atoms with Gasteiger partial charge in [0.05, 0.1) is 5.69 Å². The largest absolute Gasteiger partial charge is 0.342 e. The zero-order valence-corrected chi connectivity index (χ0v) is 11.2. The minimum Gasteiger partial charge on any atom is -0.342 e. The number of pyridine rings is 1. The highest BCUT2D eigenvalue weighted by atomic mass is 15.2. The molecule has 1 aliphatic heterocycles. The smallest absolute Gasteiger partial charge is 0.137 e. The Morgan fingerprint density at radius 1 is 1.21 bits per heavy atom. The summed E-state index contributed by atoms with van der Waals surface area (Å²) in [5.41, 5.74) is 3.39. The van der Waals surface area contributed by atoms with E-state index in [1.54, 1.807) is 12.4 Å². The van der Waals surface area contributed by atoms with Crippen molar-refractivity contribution in [3.05, 3.63) is 35.9 Å². The lowest BCUT2D eigenvalue weighted by molar-refractivity contribution is 0.230. The maximum absolute atomic E-state index is 4.73. The number of piperazine rings is 1. The van der Waals surface area contributed by atoms with Crippen LogP contribution in [0.15, 0.2) is 24.5 Å². The first-order valence-electron chi connectivity index (χ1n) is 6.72. The van der Waals surface area contributed by atoms with Crippen LogP contribution in [0.3, 0.4) is 0 Å². The zero-order chi connectivity index (χ0) is 13.1. The van der Waals surface area contributed by atoms with Crippen molar-refractivity contribution < 1.29 is 0 Å². The minimum atomic E-state index is 0.926. The standard InChI is InChI=1S/C14H19N5/c1-11-13(10-19-8-6-16-7-9-19)18-14(17-11)12-2-4-15-5-3-12/h2-5,16H,6-10H2,1H3,(H,17,18). The van der Waals surface area contributed by atoms with Gasteiger partial charge in [-0.1, -0.05) is 0 Å². The molecule has 3 rings (SSSR count). The Kier molecular flexibility index (Phi) is 3.57. The molecule has 1 saturated heterocycles. The van der Waals surface area contributed by atoms with Crippen molar-refractivity contribution in [1.29, 1.82) is 0 Å². The molecule has 100 valence electrons. The van der Waals surface area contributed by atoms with Gasteiger partial charge in [0.1, 0.15) is 5.82 Å². The SMILES string of the molecule is Cc1[nH]c(-c2ccncc2)nc1CN1CCNCC1. The highest BCUT2D eigenvalue weighted by molar-refractivity contribution is 5.54. The van der Waals surface area contributed by atoms with E-state index in [-0.39, 0.29) is 0 Å². The van der Waals surface area contributed by atoms with E-state index in [2.05, 4.69) is 27.1 Å². The Bertz CT molecular complexity index is 528. The monoisotopic (exact) mass is 257 g/mol. The van der Waals surface area contributed by atoms with E-state index in [1.165, 1.54) is 0 Å². The molecular weight excluding hydrogens is 238 g/mol. The average Bonchev–Trinajstić information content (AvgIpc) is 2.82. The first-order chi connectivity index (χ1) is 9.33. The van der Waals surface area contributed by atoms with Gasteiger partial charge >= 0.3 is 0 Å². The van der Waals surface area contributed by atoms with E-state index in [9.17, 15) is 0 Å². The molecule has 19 heavy (non-hydrogen) atoms. The number of hydrogen-bond acceptors (Lipinski definition) is 4. The zero-order valence-electron chi connectivity index (χ0n) is 11.2. The van der Waals surface area contributed by atoms with E-state index < -0.39 is 0 Å². The van der Waals surface area contributed by atoms with Crippen LogP contribution in [-0.4, -0.2) is 46.0 Å². The number of rotatable bonds is 3. The maximum atomic E-state index is 4.73. The topological polar surface area (TPSA) is 56.8 Å². The molecule has 2 N–H and O–H groups in total. The predicted octanol–water partition coefficient (Wildman–Crippen LogP) is 1.19. The highest BCUT2D eigenvalue weighted by Gasteiger charge is 2.14. The van der Waals surface area contributed by atoms with E-state index in [1.807, 2.05) is 12.1 Å². The van der Waals surface area contributed by atoms with Crippen LogP contribution in [0.25, 0.3) is 11.4 Å². The molecule has 1 fully saturated rings. The number of hydrogen-bond donors (Lipinski definition) is 2. The Balaban J connectivity index is 1.77. The summed E-state index contributed by atoms with van der Waals surface area (Å²) >= 11 is 0. The Morgan fingerprint density at radius 2 is 1.95 bits per heavy atom. The lowest BCUT2D eigenvalue weighted by Crippen LogP contribution is -2.43. The third-order valence-electron chi connectivity index (χ3n) is 3.52. The third-order valence-corrected chi connectivity index (χ3v) is 3.52. The molecule has 0 amide bonds. The molecule has 0 saturated carbocycles. The molecule has 0 atom stereocenters. The lowest BCUT2D eigenvalue weighted by atomic mass is 10.2. The van der Waals surface area contributed by atoms with E-state index in [0.717, 1.165) is 55.5 Å². The quantitative estimate of drug-likeness (QED) is 0.867. The molecule has 0 aromatic carbocycles. The second kappa shape index (κ2) is 5.50. The number of H-pyrrole nitrogens is 1. The Morgan fingerprint density at radius 3 is 2.68 bits per heavy atom. The fraction of sp³-hybridized carbons (Fsp3) is 0.429. The van der Waals surface area contributed by atoms with Gasteiger partial charge < -0.3 is 10.3 Å². The molecule has 0 aliphatic carbocycles. The summed E-state index contributed by atoms with van der Waals surface area (Å²) < 4.78 is 0.